The Morgan fingerprint density at radius 1 is 1.19 bits per heavy atom. The molecule has 2 amide bonds. The predicted octanol–water partition coefficient (Wildman–Crippen LogP) is 2.47. The zero-order valence-electron chi connectivity index (χ0n) is 17.6. The van der Waals surface area contributed by atoms with Crippen molar-refractivity contribution in [2.45, 2.75) is 57.2 Å². The van der Waals surface area contributed by atoms with Crippen molar-refractivity contribution in [3.05, 3.63) is 53.0 Å². The number of carbonyl (C=O) groups is 2. The molecule has 3 N–H and O–H groups in total. The Labute approximate surface area is 183 Å². The first kappa shape index (κ1) is 22.3. The van der Waals surface area contributed by atoms with Crippen LogP contribution in [0.1, 0.15) is 47.5 Å². The molecule has 32 heavy (non-hydrogen) atoms. The van der Waals surface area contributed by atoms with E-state index in [1.165, 1.54) is 6.39 Å². The minimum atomic E-state index is -1.23. The van der Waals surface area contributed by atoms with Crippen LogP contribution in [0.4, 0.5) is 13.2 Å². The van der Waals surface area contributed by atoms with Gasteiger partial charge in [-0.3, -0.25) is 9.59 Å². The number of piperidine rings is 1. The maximum atomic E-state index is 14.0. The van der Waals surface area contributed by atoms with Gasteiger partial charge in [-0.1, -0.05) is 0 Å². The molecule has 2 aromatic rings. The lowest BCUT2D eigenvalue weighted by atomic mass is 9.82. The molecular formula is C22H25F3N4O3. The zero-order valence-corrected chi connectivity index (χ0v) is 17.6. The van der Waals surface area contributed by atoms with Gasteiger partial charge >= 0.3 is 0 Å². The number of amides is 2. The van der Waals surface area contributed by atoms with Crippen molar-refractivity contribution in [2.75, 3.05) is 6.54 Å². The number of fused-ring (bicyclic) bond motifs is 2. The molecule has 2 fully saturated rings. The summed E-state index contributed by atoms with van der Waals surface area (Å²) in [5.74, 6) is -3.71. The van der Waals surface area contributed by atoms with Crippen molar-refractivity contribution in [2.24, 2.45) is 11.7 Å². The number of aromatic nitrogens is 1. The van der Waals surface area contributed by atoms with E-state index in [1.807, 2.05) is 4.90 Å². The SMILES string of the molecule is Cc1ncoc1C(=O)NCC(=O)N1C2CC[C@H]1CC(C(N)Cc1cc(F)c(F)cc1F)C2. The molecule has 1 aromatic carbocycles. The van der Waals surface area contributed by atoms with Crippen LogP contribution in [-0.4, -0.2) is 46.4 Å². The summed E-state index contributed by atoms with van der Waals surface area (Å²) >= 11 is 0. The van der Waals surface area contributed by atoms with E-state index in [0.29, 0.717) is 24.6 Å². The van der Waals surface area contributed by atoms with Crippen molar-refractivity contribution in [1.29, 1.82) is 0 Å². The number of oxazole rings is 1. The van der Waals surface area contributed by atoms with Crippen LogP contribution >= 0.6 is 0 Å². The Bertz CT molecular complexity index is 1010. The third-order valence-electron chi connectivity index (χ3n) is 6.56. The number of rotatable bonds is 6. The fourth-order valence-corrected chi connectivity index (χ4v) is 4.96. The van der Waals surface area contributed by atoms with E-state index in [4.69, 9.17) is 10.2 Å². The number of hydrogen-bond donors (Lipinski definition) is 2. The highest BCUT2D eigenvalue weighted by atomic mass is 19.2. The quantitative estimate of drug-likeness (QED) is 0.659. The van der Waals surface area contributed by atoms with Gasteiger partial charge in [-0.15, -0.1) is 0 Å². The monoisotopic (exact) mass is 450 g/mol. The van der Waals surface area contributed by atoms with Crippen LogP contribution in [0.5, 0.6) is 0 Å². The zero-order chi connectivity index (χ0) is 23.0. The maximum Gasteiger partial charge on any atom is 0.289 e. The molecular weight excluding hydrogens is 425 g/mol. The summed E-state index contributed by atoms with van der Waals surface area (Å²) in [6.07, 6.45) is 4.20. The highest BCUT2D eigenvalue weighted by molar-refractivity contribution is 5.95. The molecule has 0 radical (unpaired) electrons. The Kier molecular flexibility index (Phi) is 6.23. The first-order valence-corrected chi connectivity index (χ1v) is 10.6. The van der Waals surface area contributed by atoms with Gasteiger partial charge in [0, 0.05) is 24.2 Å². The topological polar surface area (TPSA) is 101 Å². The third kappa shape index (κ3) is 4.36. The van der Waals surface area contributed by atoms with Crippen LogP contribution in [0, 0.1) is 30.3 Å². The van der Waals surface area contributed by atoms with Gasteiger partial charge in [0.05, 0.1) is 12.2 Å². The number of nitrogens with two attached hydrogens (primary N) is 1. The molecule has 0 aliphatic carbocycles. The van der Waals surface area contributed by atoms with Crippen LogP contribution in [0.2, 0.25) is 0 Å². The number of carbonyl (C=O) groups excluding carboxylic acids is 2. The number of hydrogen-bond acceptors (Lipinski definition) is 5. The Hall–Kier alpha value is -2.88. The van der Waals surface area contributed by atoms with Crippen LogP contribution < -0.4 is 11.1 Å². The van der Waals surface area contributed by atoms with Crippen LogP contribution in [0.3, 0.4) is 0 Å². The molecule has 2 aliphatic heterocycles. The largest absolute Gasteiger partial charge is 0.438 e. The van der Waals surface area contributed by atoms with Gasteiger partial charge in [-0.2, -0.15) is 0 Å². The second kappa shape index (κ2) is 8.93. The number of nitrogens with one attached hydrogen (secondary N) is 1. The summed E-state index contributed by atoms with van der Waals surface area (Å²) in [7, 11) is 0. The van der Waals surface area contributed by atoms with E-state index in [1.54, 1.807) is 6.92 Å². The van der Waals surface area contributed by atoms with E-state index in [0.717, 1.165) is 18.9 Å². The minimum absolute atomic E-state index is 0.0176. The standard InChI is InChI=1S/C22H25F3N4O3/c1-11-21(32-10-28-11)22(31)27-9-20(30)29-14-2-3-15(29)5-13(4-14)19(26)7-12-6-17(24)18(25)8-16(12)23/h6,8,10,13-15,19H,2-5,7,9,26H2,1H3,(H,27,31)/t13?,14-,15?,19?/m0/s1. The molecule has 3 heterocycles. The lowest BCUT2D eigenvalue weighted by Gasteiger charge is -2.41. The summed E-state index contributed by atoms with van der Waals surface area (Å²) in [6.45, 7) is 1.49. The summed E-state index contributed by atoms with van der Waals surface area (Å²) < 4.78 is 45.7. The highest BCUT2D eigenvalue weighted by Gasteiger charge is 2.44. The highest BCUT2D eigenvalue weighted by Crippen LogP contribution is 2.40. The molecule has 4 rings (SSSR count). The molecule has 2 aliphatic rings. The number of halogens is 3. The van der Waals surface area contributed by atoms with Gasteiger partial charge in [0.2, 0.25) is 11.7 Å². The summed E-state index contributed by atoms with van der Waals surface area (Å²) in [5, 5.41) is 2.58. The smallest absolute Gasteiger partial charge is 0.289 e. The number of benzene rings is 1. The second-order valence-electron chi connectivity index (χ2n) is 8.59. The van der Waals surface area contributed by atoms with E-state index < -0.39 is 29.4 Å². The fourth-order valence-electron chi connectivity index (χ4n) is 4.96. The number of aryl methyl sites for hydroxylation is 1. The molecule has 3 unspecified atom stereocenters. The Balaban J connectivity index is 1.35. The molecule has 4 atom stereocenters. The molecule has 0 saturated carbocycles. The number of nitrogens with zero attached hydrogens (tertiary/aromatic N) is 2. The van der Waals surface area contributed by atoms with Crippen molar-refractivity contribution < 1.29 is 27.2 Å². The molecule has 172 valence electrons. The molecule has 2 bridgehead atoms. The van der Waals surface area contributed by atoms with Crippen molar-refractivity contribution in [3.8, 4) is 0 Å². The molecule has 1 aromatic heterocycles. The fraction of sp³-hybridized carbons (Fsp3) is 0.500. The molecule has 10 heteroatoms. The normalized spacial score (nSPS) is 23.3. The van der Waals surface area contributed by atoms with Crippen molar-refractivity contribution in [3.63, 3.8) is 0 Å². The van der Waals surface area contributed by atoms with Gasteiger partial charge in [0.1, 0.15) is 5.82 Å². The van der Waals surface area contributed by atoms with Crippen LogP contribution in [0.15, 0.2) is 22.9 Å². The summed E-state index contributed by atoms with van der Waals surface area (Å²) in [5.41, 5.74) is 6.81. The van der Waals surface area contributed by atoms with E-state index >= 15 is 0 Å². The molecule has 0 spiro atoms. The van der Waals surface area contributed by atoms with Crippen LogP contribution in [0.25, 0.3) is 0 Å². The van der Waals surface area contributed by atoms with Gasteiger partial charge in [0.25, 0.3) is 5.91 Å². The predicted molar refractivity (Wildman–Crippen MR) is 108 cm³/mol. The maximum absolute atomic E-state index is 14.0. The van der Waals surface area contributed by atoms with Crippen LogP contribution in [-0.2, 0) is 11.2 Å². The van der Waals surface area contributed by atoms with Crippen molar-refractivity contribution >= 4 is 11.8 Å². The van der Waals surface area contributed by atoms with Gasteiger partial charge in [-0.05, 0) is 56.6 Å². The Morgan fingerprint density at radius 2 is 1.84 bits per heavy atom. The van der Waals surface area contributed by atoms with Gasteiger partial charge < -0.3 is 20.4 Å². The lowest BCUT2D eigenvalue weighted by molar-refractivity contribution is -0.135. The third-order valence-corrected chi connectivity index (χ3v) is 6.56. The first-order valence-electron chi connectivity index (χ1n) is 10.6. The van der Waals surface area contributed by atoms with Crippen molar-refractivity contribution in [1.82, 2.24) is 15.2 Å². The summed E-state index contributed by atoms with van der Waals surface area (Å²) in [4.78, 5) is 30.6. The first-order chi connectivity index (χ1) is 15.2. The average molecular weight is 450 g/mol. The van der Waals surface area contributed by atoms with Gasteiger partial charge in [0.15, 0.2) is 18.0 Å². The molecule has 7 nitrogen and oxygen atoms in total. The average Bonchev–Trinajstić information content (AvgIpc) is 3.29. The van der Waals surface area contributed by atoms with E-state index in [9.17, 15) is 22.8 Å². The van der Waals surface area contributed by atoms with Gasteiger partial charge in [-0.25, -0.2) is 18.2 Å². The molecule has 2 saturated heterocycles. The summed E-state index contributed by atoms with van der Waals surface area (Å²) in [6, 6.07) is 0.920. The lowest BCUT2D eigenvalue weighted by Crippen LogP contribution is -2.52. The second-order valence-corrected chi connectivity index (χ2v) is 8.59. The Morgan fingerprint density at radius 3 is 2.47 bits per heavy atom. The minimum Gasteiger partial charge on any atom is -0.438 e. The van der Waals surface area contributed by atoms with E-state index in [2.05, 4.69) is 10.3 Å². The van der Waals surface area contributed by atoms with E-state index in [-0.39, 0.29) is 48.2 Å².